The first kappa shape index (κ1) is 33.3. The second kappa shape index (κ2) is 13.0. The predicted molar refractivity (Wildman–Crippen MR) is 244 cm³/mol. The van der Waals surface area contributed by atoms with E-state index in [4.69, 9.17) is 0 Å². The summed E-state index contributed by atoms with van der Waals surface area (Å²) < 4.78 is 0. The van der Waals surface area contributed by atoms with Gasteiger partial charge in [0, 0.05) is 5.41 Å². The molecule has 0 amide bonds. The van der Waals surface area contributed by atoms with E-state index in [0.29, 0.717) is 0 Å². The zero-order valence-electron chi connectivity index (χ0n) is 32.1. The highest BCUT2D eigenvalue weighted by Crippen LogP contribution is 2.52. The van der Waals surface area contributed by atoms with Crippen molar-refractivity contribution in [2.45, 2.75) is 19.3 Å². The van der Waals surface area contributed by atoms with E-state index in [1.807, 2.05) is 0 Å². The van der Waals surface area contributed by atoms with E-state index in [-0.39, 0.29) is 5.41 Å². The van der Waals surface area contributed by atoms with Crippen LogP contribution in [0.15, 0.2) is 206 Å². The lowest BCUT2D eigenvalue weighted by atomic mass is 9.81. The molecule has 0 atom stereocenters. The number of fused-ring (bicyclic) bond motifs is 7. The topological polar surface area (TPSA) is 0 Å². The second-order valence-electron chi connectivity index (χ2n) is 16.0. The van der Waals surface area contributed by atoms with Crippen LogP contribution in [-0.2, 0) is 5.41 Å². The summed E-state index contributed by atoms with van der Waals surface area (Å²) in [6, 6.07) is 76.3. The summed E-state index contributed by atoms with van der Waals surface area (Å²) in [5, 5.41) is 7.69. The monoisotopic (exact) mass is 724 g/mol. The summed E-state index contributed by atoms with van der Waals surface area (Å²) in [5.74, 6) is 0. The van der Waals surface area contributed by atoms with Crippen LogP contribution in [-0.4, -0.2) is 0 Å². The summed E-state index contributed by atoms with van der Waals surface area (Å²) in [7, 11) is 0. The first-order chi connectivity index (χ1) is 28.0. The van der Waals surface area contributed by atoms with E-state index in [0.717, 1.165) is 0 Å². The van der Waals surface area contributed by atoms with Crippen molar-refractivity contribution in [2.24, 2.45) is 0 Å². The Hall–Kier alpha value is -7.02. The third-order valence-electron chi connectivity index (χ3n) is 12.5. The van der Waals surface area contributed by atoms with Crippen molar-refractivity contribution < 1.29 is 0 Å². The van der Waals surface area contributed by atoms with Crippen molar-refractivity contribution in [3.63, 3.8) is 0 Å². The van der Waals surface area contributed by atoms with Crippen LogP contribution in [0, 0.1) is 0 Å². The van der Waals surface area contributed by atoms with Crippen molar-refractivity contribution in [3.8, 4) is 66.8 Å². The van der Waals surface area contributed by atoms with Gasteiger partial charge in [0.05, 0.1) is 0 Å². The van der Waals surface area contributed by atoms with E-state index in [9.17, 15) is 0 Å². The quantitative estimate of drug-likeness (QED) is 0.155. The Kier molecular flexibility index (Phi) is 7.63. The van der Waals surface area contributed by atoms with Gasteiger partial charge in [-0.05, 0) is 122 Å². The molecule has 0 heteroatoms. The minimum absolute atomic E-state index is 0.0727. The van der Waals surface area contributed by atoms with Gasteiger partial charge in [0.15, 0.2) is 0 Å². The Morgan fingerprint density at radius 1 is 0.263 bits per heavy atom. The van der Waals surface area contributed by atoms with Crippen LogP contribution in [0.4, 0.5) is 0 Å². The average molecular weight is 725 g/mol. The van der Waals surface area contributed by atoms with Crippen LogP contribution in [0.2, 0.25) is 0 Å². The summed E-state index contributed by atoms with van der Waals surface area (Å²) in [6.45, 7) is 4.75. The van der Waals surface area contributed by atoms with E-state index in [2.05, 4.69) is 220 Å². The number of hydrogen-bond donors (Lipinski definition) is 0. The van der Waals surface area contributed by atoms with Gasteiger partial charge in [-0.1, -0.05) is 208 Å². The van der Waals surface area contributed by atoms with Crippen molar-refractivity contribution in [1.29, 1.82) is 0 Å². The molecule has 0 fully saturated rings. The van der Waals surface area contributed by atoms with Crippen LogP contribution in [0.5, 0.6) is 0 Å². The molecule has 0 N–H and O–H groups in total. The van der Waals surface area contributed by atoms with Crippen molar-refractivity contribution in [2.75, 3.05) is 0 Å². The highest BCUT2D eigenvalue weighted by molar-refractivity contribution is 6.21. The molecular weight excluding hydrogens is 685 g/mol. The minimum atomic E-state index is -0.0727. The lowest BCUT2D eigenvalue weighted by Crippen LogP contribution is -2.15. The molecule has 0 saturated carbocycles. The number of rotatable bonds is 5. The molecule has 0 aliphatic heterocycles. The Morgan fingerprint density at radius 3 is 1.33 bits per heavy atom. The smallest absolute Gasteiger partial charge is 0.0159 e. The molecule has 0 aromatic heterocycles. The first-order valence-electron chi connectivity index (χ1n) is 20.0. The molecule has 0 bridgehead atoms. The van der Waals surface area contributed by atoms with Gasteiger partial charge in [-0.15, -0.1) is 0 Å². The summed E-state index contributed by atoms with van der Waals surface area (Å²) >= 11 is 0. The highest BCUT2D eigenvalue weighted by atomic mass is 14.4. The van der Waals surface area contributed by atoms with Gasteiger partial charge in [0.25, 0.3) is 0 Å². The molecule has 0 radical (unpaired) electrons. The van der Waals surface area contributed by atoms with Crippen molar-refractivity contribution >= 4 is 32.3 Å². The normalized spacial score (nSPS) is 12.9. The highest BCUT2D eigenvalue weighted by Gasteiger charge is 2.36. The lowest BCUT2D eigenvalue weighted by Gasteiger charge is -2.22. The number of hydrogen-bond acceptors (Lipinski definition) is 0. The van der Waals surface area contributed by atoms with Gasteiger partial charge in [0.2, 0.25) is 0 Å². The first-order valence-corrected chi connectivity index (χ1v) is 20.0. The van der Waals surface area contributed by atoms with Gasteiger partial charge in [0.1, 0.15) is 0 Å². The number of benzene rings is 10. The van der Waals surface area contributed by atoms with E-state index >= 15 is 0 Å². The summed E-state index contributed by atoms with van der Waals surface area (Å²) in [6.07, 6.45) is 0. The SMILES string of the molecule is CC1(C)c2cc(-c3ccc(-c4c5ccccc5c(-c5cccc(-c6ccc(-c7ccccc7)cc6)c5)c5ccccc45)cc3)ccc2-c2c1ccc1ccccc21. The van der Waals surface area contributed by atoms with Gasteiger partial charge < -0.3 is 0 Å². The molecule has 0 unspecified atom stereocenters. The summed E-state index contributed by atoms with van der Waals surface area (Å²) in [4.78, 5) is 0. The standard InChI is InChI=1S/C57H40/c1-57(2)52-34-32-41-15-6-7-18-46(41)56(52)51-33-31-44(36-53(51)57)40-27-29-42(30-28-40)54-47-19-8-10-21-49(47)55(50-22-11-9-20-48(50)54)45-17-12-16-43(35-45)39-25-23-38(24-26-39)37-13-4-3-5-14-37/h3-36H,1-2H3. The zero-order valence-corrected chi connectivity index (χ0v) is 32.1. The summed E-state index contributed by atoms with van der Waals surface area (Å²) in [5.41, 5.74) is 17.9. The van der Waals surface area contributed by atoms with Gasteiger partial charge in [-0.3, -0.25) is 0 Å². The van der Waals surface area contributed by atoms with Crippen molar-refractivity contribution in [1.82, 2.24) is 0 Å². The molecule has 11 rings (SSSR count). The molecule has 0 spiro atoms. The van der Waals surface area contributed by atoms with E-state index in [1.54, 1.807) is 0 Å². The van der Waals surface area contributed by atoms with E-state index < -0.39 is 0 Å². The fourth-order valence-electron chi connectivity index (χ4n) is 9.61. The lowest BCUT2D eigenvalue weighted by molar-refractivity contribution is 0.661. The Morgan fingerprint density at radius 2 is 0.702 bits per heavy atom. The molecule has 268 valence electrons. The maximum Gasteiger partial charge on any atom is 0.0159 e. The molecule has 1 aliphatic rings. The van der Waals surface area contributed by atoms with E-state index in [1.165, 1.54) is 110 Å². The van der Waals surface area contributed by atoms with Gasteiger partial charge in [-0.25, -0.2) is 0 Å². The molecule has 10 aromatic carbocycles. The fourth-order valence-corrected chi connectivity index (χ4v) is 9.61. The van der Waals surface area contributed by atoms with Crippen molar-refractivity contribution in [3.05, 3.63) is 217 Å². The fraction of sp³-hybridized carbons (Fsp3) is 0.0526. The third-order valence-corrected chi connectivity index (χ3v) is 12.5. The van der Waals surface area contributed by atoms with Gasteiger partial charge in [-0.2, -0.15) is 0 Å². The predicted octanol–water partition coefficient (Wildman–Crippen LogP) is 15.8. The Bertz CT molecular complexity index is 3110. The Balaban J connectivity index is 0.990. The van der Waals surface area contributed by atoms with Crippen LogP contribution in [0.3, 0.4) is 0 Å². The van der Waals surface area contributed by atoms with Crippen LogP contribution >= 0.6 is 0 Å². The molecule has 0 saturated heterocycles. The molecule has 57 heavy (non-hydrogen) atoms. The van der Waals surface area contributed by atoms with Crippen LogP contribution in [0.1, 0.15) is 25.0 Å². The largest absolute Gasteiger partial charge is 0.0622 e. The molecular formula is C57H40. The minimum Gasteiger partial charge on any atom is -0.0622 e. The Labute approximate surface area is 334 Å². The maximum absolute atomic E-state index is 2.43. The molecule has 0 heterocycles. The molecule has 0 nitrogen and oxygen atoms in total. The third kappa shape index (κ3) is 5.36. The average Bonchev–Trinajstić information content (AvgIpc) is 3.51. The molecule has 10 aromatic rings. The maximum atomic E-state index is 2.43. The van der Waals surface area contributed by atoms with Crippen LogP contribution in [0.25, 0.3) is 99.1 Å². The van der Waals surface area contributed by atoms with Crippen LogP contribution < -0.4 is 0 Å². The van der Waals surface area contributed by atoms with Gasteiger partial charge >= 0.3 is 0 Å². The molecule has 1 aliphatic carbocycles. The second-order valence-corrected chi connectivity index (χ2v) is 16.0. The zero-order chi connectivity index (χ0) is 38.1.